The zero-order valence-corrected chi connectivity index (χ0v) is 8.84. The van der Waals surface area contributed by atoms with Gasteiger partial charge in [-0.25, -0.2) is 0 Å². The lowest BCUT2D eigenvalue weighted by Gasteiger charge is -2.01. The molecule has 0 bridgehead atoms. The minimum Gasteiger partial charge on any atom is -0.358 e. The molecule has 3 N–H and O–H groups in total. The molecule has 1 aliphatic carbocycles. The van der Waals surface area contributed by atoms with Gasteiger partial charge in [0.25, 0.3) is 0 Å². The summed E-state index contributed by atoms with van der Waals surface area (Å²) in [5.74, 6) is 0. The predicted octanol–water partition coefficient (Wildman–Crippen LogP) is 2.16. The van der Waals surface area contributed by atoms with Crippen LogP contribution < -0.4 is 5.73 Å². The number of nitrogens with two attached hydrogens (primary N) is 1. The first-order valence-electron chi connectivity index (χ1n) is 5.71. The molecule has 0 radical (unpaired) electrons. The number of para-hydroxylation sites is 1. The summed E-state index contributed by atoms with van der Waals surface area (Å²) in [6.45, 7) is 0.725. The average Bonchev–Trinajstić information content (AvgIpc) is 2.79. The van der Waals surface area contributed by atoms with E-state index in [0.29, 0.717) is 0 Å². The molecule has 2 nitrogen and oxygen atoms in total. The summed E-state index contributed by atoms with van der Waals surface area (Å²) in [5.41, 5.74) is 11.3. The number of benzene rings is 1. The van der Waals surface area contributed by atoms with Crippen LogP contribution in [0.4, 0.5) is 0 Å². The Bertz CT molecular complexity index is 496. The van der Waals surface area contributed by atoms with Crippen molar-refractivity contribution in [1.29, 1.82) is 0 Å². The summed E-state index contributed by atoms with van der Waals surface area (Å²) in [5, 5.41) is 1.42. The summed E-state index contributed by atoms with van der Waals surface area (Å²) in [6.07, 6.45) is 4.72. The summed E-state index contributed by atoms with van der Waals surface area (Å²) in [4.78, 5) is 3.57. The number of H-pyrrole nitrogens is 1. The Labute approximate surface area is 89.5 Å². The largest absolute Gasteiger partial charge is 0.358 e. The van der Waals surface area contributed by atoms with E-state index in [9.17, 15) is 0 Å². The van der Waals surface area contributed by atoms with E-state index in [4.69, 9.17) is 5.73 Å². The van der Waals surface area contributed by atoms with Crippen LogP contribution in [0.1, 0.15) is 23.2 Å². The lowest BCUT2D eigenvalue weighted by Crippen LogP contribution is -2.03. The van der Waals surface area contributed by atoms with Crippen LogP contribution in [0, 0.1) is 0 Å². The first kappa shape index (κ1) is 8.98. The topological polar surface area (TPSA) is 41.8 Å². The van der Waals surface area contributed by atoms with E-state index in [1.807, 2.05) is 0 Å². The third-order valence-electron chi connectivity index (χ3n) is 3.38. The Kier molecular flexibility index (Phi) is 2.03. The van der Waals surface area contributed by atoms with Crippen LogP contribution in [-0.2, 0) is 19.3 Å². The molecule has 2 heteroatoms. The molecule has 0 fully saturated rings. The van der Waals surface area contributed by atoms with E-state index in [1.54, 1.807) is 5.56 Å². The molecule has 1 aliphatic rings. The molecule has 78 valence electrons. The maximum Gasteiger partial charge on any atom is 0.0491 e. The minimum atomic E-state index is 0.725. The second kappa shape index (κ2) is 3.38. The fourth-order valence-corrected chi connectivity index (χ4v) is 2.69. The fourth-order valence-electron chi connectivity index (χ4n) is 2.69. The van der Waals surface area contributed by atoms with Gasteiger partial charge in [-0.1, -0.05) is 18.2 Å². The first-order valence-corrected chi connectivity index (χ1v) is 5.71. The van der Waals surface area contributed by atoms with Gasteiger partial charge in [0, 0.05) is 16.6 Å². The van der Waals surface area contributed by atoms with Crippen molar-refractivity contribution in [3.05, 3.63) is 35.0 Å². The molecule has 0 saturated heterocycles. The molecular formula is C13H16N2. The zero-order valence-electron chi connectivity index (χ0n) is 8.84. The molecule has 1 heterocycles. The van der Waals surface area contributed by atoms with Gasteiger partial charge in [0.05, 0.1) is 0 Å². The van der Waals surface area contributed by atoms with Gasteiger partial charge in [0.1, 0.15) is 0 Å². The summed E-state index contributed by atoms with van der Waals surface area (Å²) >= 11 is 0. The van der Waals surface area contributed by atoms with Gasteiger partial charge in [-0.15, -0.1) is 0 Å². The molecular weight excluding hydrogens is 184 g/mol. The van der Waals surface area contributed by atoms with Gasteiger partial charge < -0.3 is 10.7 Å². The van der Waals surface area contributed by atoms with Gasteiger partial charge in [0.2, 0.25) is 0 Å². The van der Waals surface area contributed by atoms with Crippen molar-refractivity contribution in [3.8, 4) is 0 Å². The third kappa shape index (κ3) is 1.29. The molecule has 2 aromatic rings. The highest BCUT2D eigenvalue weighted by Gasteiger charge is 2.17. The molecule has 3 rings (SSSR count). The van der Waals surface area contributed by atoms with Crippen molar-refractivity contribution in [1.82, 2.24) is 4.98 Å². The number of rotatable bonds is 2. The van der Waals surface area contributed by atoms with E-state index in [-0.39, 0.29) is 0 Å². The normalized spacial score (nSPS) is 14.7. The zero-order chi connectivity index (χ0) is 10.3. The van der Waals surface area contributed by atoms with Crippen LogP contribution in [0.2, 0.25) is 0 Å². The molecule has 0 atom stereocenters. The molecule has 0 unspecified atom stereocenters. The van der Waals surface area contributed by atoms with Gasteiger partial charge in [-0.05, 0) is 43.4 Å². The number of fused-ring (bicyclic) bond motifs is 3. The van der Waals surface area contributed by atoms with E-state index < -0.39 is 0 Å². The van der Waals surface area contributed by atoms with Crippen molar-refractivity contribution < 1.29 is 0 Å². The van der Waals surface area contributed by atoms with E-state index in [1.165, 1.54) is 41.4 Å². The Hall–Kier alpha value is -1.28. The summed E-state index contributed by atoms with van der Waals surface area (Å²) in [7, 11) is 0. The number of nitrogens with one attached hydrogen (secondary N) is 1. The van der Waals surface area contributed by atoms with E-state index in [2.05, 4.69) is 23.2 Å². The van der Waals surface area contributed by atoms with Gasteiger partial charge in [-0.3, -0.25) is 0 Å². The van der Waals surface area contributed by atoms with Gasteiger partial charge >= 0.3 is 0 Å². The lowest BCUT2D eigenvalue weighted by molar-refractivity contribution is 0.897. The number of aromatic amines is 1. The second-order valence-corrected chi connectivity index (χ2v) is 4.31. The molecule has 0 aliphatic heterocycles. The lowest BCUT2D eigenvalue weighted by atomic mass is 10.1. The molecule has 15 heavy (non-hydrogen) atoms. The minimum absolute atomic E-state index is 0.725. The highest BCUT2D eigenvalue weighted by atomic mass is 14.7. The summed E-state index contributed by atoms with van der Waals surface area (Å²) in [6, 6.07) is 6.57. The smallest absolute Gasteiger partial charge is 0.0491 e. The molecule has 0 spiro atoms. The van der Waals surface area contributed by atoms with Crippen molar-refractivity contribution in [2.75, 3.05) is 6.54 Å². The maximum absolute atomic E-state index is 5.63. The molecule has 1 aromatic carbocycles. The van der Waals surface area contributed by atoms with Crippen LogP contribution in [0.5, 0.6) is 0 Å². The Morgan fingerprint density at radius 3 is 3.07 bits per heavy atom. The number of aromatic nitrogens is 1. The van der Waals surface area contributed by atoms with E-state index >= 15 is 0 Å². The first-order chi connectivity index (χ1) is 7.40. The maximum atomic E-state index is 5.63. The average molecular weight is 200 g/mol. The molecule has 0 amide bonds. The third-order valence-corrected chi connectivity index (χ3v) is 3.38. The molecule has 1 aromatic heterocycles. The Balaban J connectivity index is 2.23. The SMILES string of the molecule is NCCc1cccc2c3c([nH]c12)CCC3. The van der Waals surface area contributed by atoms with Crippen LogP contribution in [0.15, 0.2) is 18.2 Å². The van der Waals surface area contributed by atoms with Crippen molar-refractivity contribution in [3.63, 3.8) is 0 Å². The van der Waals surface area contributed by atoms with Crippen LogP contribution in [0.25, 0.3) is 10.9 Å². The van der Waals surface area contributed by atoms with Crippen LogP contribution in [0.3, 0.4) is 0 Å². The van der Waals surface area contributed by atoms with Crippen LogP contribution >= 0.6 is 0 Å². The number of hydrogen-bond acceptors (Lipinski definition) is 1. The Morgan fingerprint density at radius 1 is 1.27 bits per heavy atom. The predicted molar refractivity (Wildman–Crippen MR) is 63.1 cm³/mol. The number of aryl methyl sites for hydroxylation is 2. The van der Waals surface area contributed by atoms with Crippen molar-refractivity contribution in [2.45, 2.75) is 25.7 Å². The van der Waals surface area contributed by atoms with Crippen LogP contribution in [-0.4, -0.2) is 11.5 Å². The van der Waals surface area contributed by atoms with E-state index in [0.717, 1.165) is 13.0 Å². The van der Waals surface area contributed by atoms with Gasteiger partial charge in [0.15, 0.2) is 0 Å². The van der Waals surface area contributed by atoms with Crippen molar-refractivity contribution in [2.24, 2.45) is 5.73 Å². The highest BCUT2D eigenvalue weighted by Crippen LogP contribution is 2.31. The van der Waals surface area contributed by atoms with Crippen molar-refractivity contribution >= 4 is 10.9 Å². The molecule has 0 saturated carbocycles. The standard InChI is InChI=1S/C13H16N2/c14-8-7-9-3-1-5-11-10-4-2-6-12(10)15-13(9)11/h1,3,5,15H,2,4,6-8,14H2. The number of hydrogen-bond donors (Lipinski definition) is 2. The second-order valence-electron chi connectivity index (χ2n) is 4.31. The Morgan fingerprint density at radius 2 is 2.20 bits per heavy atom. The fraction of sp³-hybridized carbons (Fsp3) is 0.385. The quantitative estimate of drug-likeness (QED) is 0.766. The monoisotopic (exact) mass is 200 g/mol. The highest BCUT2D eigenvalue weighted by molar-refractivity contribution is 5.88. The summed E-state index contributed by atoms with van der Waals surface area (Å²) < 4.78 is 0. The van der Waals surface area contributed by atoms with Gasteiger partial charge in [-0.2, -0.15) is 0 Å².